The van der Waals surface area contributed by atoms with Gasteiger partial charge >= 0.3 is 0 Å². The van der Waals surface area contributed by atoms with Crippen LogP contribution in [0.3, 0.4) is 0 Å². The molecule has 0 saturated heterocycles. The molecular weight excluding hydrogens is 348 g/mol. The molecule has 1 N–H and O–H groups in total. The van der Waals surface area contributed by atoms with E-state index in [1.54, 1.807) is 4.68 Å². The van der Waals surface area contributed by atoms with Crippen molar-refractivity contribution >= 4 is 27.5 Å². The van der Waals surface area contributed by atoms with E-state index < -0.39 is 0 Å². The van der Waals surface area contributed by atoms with E-state index in [9.17, 15) is 4.79 Å². The van der Waals surface area contributed by atoms with E-state index in [4.69, 9.17) is 0 Å². The number of carbonyl (C=O) groups is 1. The lowest BCUT2D eigenvalue weighted by atomic mass is 10.0. The Morgan fingerprint density at radius 3 is 2.75 bits per heavy atom. The van der Waals surface area contributed by atoms with Crippen molar-refractivity contribution in [1.82, 2.24) is 19.7 Å². The summed E-state index contributed by atoms with van der Waals surface area (Å²) < 4.78 is 1.79. The van der Waals surface area contributed by atoms with Crippen LogP contribution < -0.4 is 0 Å². The number of hydrogen-bond donors (Lipinski definition) is 1. The number of H-pyrrole nitrogens is 1. The molecule has 28 heavy (non-hydrogen) atoms. The number of nitrogens with one attached hydrogen (secondary N) is 1. The van der Waals surface area contributed by atoms with E-state index in [1.807, 2.05) is 62.2 Å². The van der Waals surface area contributed by atoms with Gasteiger partial charge < -0.3 is 4.98 Å². The van der Waals surface area contributed by atoms with Crippen molar-refractivity contribution in [3.8, 4) is 11.1 Å². The Balaban J connectivity index is 1.45. The van der Waals surface area contributed by atoms with Gasteiger partial charge in [0, 0.05) is 58.7 Å². The summed E-state index contributed by atoms with van der Waals surface area (Å²) in [5.74, 6) is 0.0679. The van der Waals surface area contributed by atoms with Crippen LogP contribution in [0.15, 0.2) is 73.3 Å². The summed E-state index contributed by atoms with van der Waals surface area (Å²) in [6.45, 7) is 0. The Bertz CT molecular complexity index is 1330. The van der Waals surface area contributed by atoms with E-state index in [0.29, 0.717) is 5.56 Å². The zero-order valence-electron chi connectivity index (χ0n) is 15.4. The molecular formula is C23H18N4O. The van der Waals surface area contributed by atoms with Gasteiger partial charge in [0.25, 0.3) is 0 Å². The molecule has 0 amide bonds. The second-order valence-corrected chi connectivity index (χ2v) is 7.02. The van der Waals surface area contributed by atoms with Gasteiger partial charge in [-0.1, -0.05) is 12.1 Å². The molecule has 0 bridgehead atoms. The summed E-state index contributed by atoms with van der Waals surface area (Å²) in [6.07, 6.45) is 7.83. The Hall–Kier alpha value is -3.73. The molecule has 2 aromatic carbocycles. The standard InChI is InChI=1S/C23H18N4O/c1-27-14-20(13-26-27)15-2-3-18-12-25-21(10-19(18)8-15)11-23(28)17-4-5-22-16(9-17)6-7-24-22/h2-10,12-14,24H,11H2,1H3. The van der Waals surface area contributed by atoms with Gasteiger partial charge in [0.1, 0.15) is 0 Å². The fraction of sp³-hybridized carbons (Fsp3) is 0.0870. The fourth-order valence-electron chi connectivity index (χ4n) is 3.53. The average molecular weight is 366 g/mol. The third kappa shape index (κ3) is 2.97. The minimum atomic E-state index is 0.0679. The number of carbonyl (C=O) groups excluding carboxylic acids is 1. The monoisotopic (exact) mass is 366 g/mol. The number of hydrogen-bond acceptors (Lipinski definition) is 3. The summed E-state index contributed by atoms with van der Waals surface area (Å²) in [5, 5.41) is 7.40. The van der Waals surface area contributed by atoms with Crippen LogP contribution in [0, 0.1) is 0 Å². The van der Waals surface area contributed by atoms with Gasteiger partial charge in [0.2, 0.25) is 0 Å². The first kappa shape index (κ1) is 16.4. The maximum Gasteiger partial charge on any atom is 0.168 e. The van der Waals surface area contributed by atoms with Crippen LogP contribution in [0.25, 0.3) is 32.8 Å². The number of Topliss-reactive ketones (excluding diaryl/α,β-unsaturated/α-hetero) is 1. The first-order valence-electron chi connectivity index (χ1n) is 9.14. The quantitative estimate of drug-likeness (QED) is 0.475. The number of aromatic amines is 1. The molecule has 3 heterocycles. The van der Waals surface area contributed by atoms with Crippen molar-refractivity contribution < 1.29 is 4.79 Å². The molecule has 5 rings (SSSR count). The number of nitrogens with zero attached hydrogens (tertiary/aromatic N) is 3. The Labute approximate surface area is 161 Å². The molecule has 136 valence electrons. The van der Waals surface area contributed by atoms with Crippen LogP contribution in [0.1, 0.15) is 16.1 Å². The van der Waals surface area contributed by atoms with E-state index in [2.05, 4.69) is 33.3 Å². The van der Waals surface area contributed by atoms with Crippen LogP contribution in [0.2, 0.25) is 0 Å². The van der Waals surface area contributed by atoms with Crippen LogP contribution in [0.4, 0.5) is 0 Å². The molecule has 3 aromatic heterocycles. The summed E-state index contributed by atoms with van der Waals surface area (Å²) in [5.41, 5.74) is 4.68. The first-order chi connectivity index (χ1) is 13.7. The van der Waals surface area contributed by atoms with E-state index >= 15 is 0 Å². The lowest BCUT2D eigenvalue weighted by Gasteiger charge is -2.05. The molecule has 0 atom stereocenters. The summed E-state index contributed by atoms with van der Waals surface area (Å²) in [6, 6.07) is 15.9. The smallest absolute Gasteiger partial charge is 0.168 e. The van der Waals surface area contributed by atoms with Crippen LogP contribution >= 0.6 is 0 Å². The summed E-state index contributed by atoms with van der Waals surface area (Å²) in [7, 11) is 1.91. The van der Waals surface area contributed by atoms with Crippen molar-refractivity contribution in [3.63, 3.8) is 0 Å². The highest BCUT2D eigenvalue weighted by atomic mass is 16.1. The zero-order valence-corrected chi connectivity index (χ0v) is 15.4. The lowest BCUT2D eigenvalue weighted by Crippen LogP contribution is -2.05. The third-order valence-electron chi connectivity index (χ3n) is 5.03. The van der Waals surface area contributed by atoms with Crippen molar-refractivity contribution in [2.75, 3.05) is 0 Å². The highest BCUT2D eigenvalue weighted by molar-refractivity contribution is 6.00. The fourth-order valence-corrected chi connectivity index (χ4v) is 3.53. The Morgan fingerprint density at radius 1 is 0.964 bits per heavy atom. The molecule has 0 saturated carbocycles. The number of benzene rings is 2. The first-order valence-corrected chi connectivity index (χ1v) is 9.14. The molecule has 0 aliphatic rings. The number of aromatic nitrogens is 4. The maximum absolute atomic E-state index is 12.7. The number of aryl methyl sites for hydroxylation is 1. The van der Waals surface area contributed by atoms with Crippen molar-refractivity contribution in [1.29, 1.82) is 0 Å². The normalized spacial score (nSPS) is 11.3. The molecule has 5 heteroatoms. The van der Waals surface area contributed by atoms with Gasteiger partial charge in [0.15, 0.2) is 5.78 Å². The van der Waals surface area contributed by atoms with Crippen molar-refractivity contribution in [2.24, 2.45) is 7.05 Å². The second kappa shape index (κ2) is 6.46. The molecule has 0 aliphatic carbocycles. The molecule has 0 fully saturated rings. The van der Waals surface area contributed by atoms with E-state index in [1.165, 1.54) is 0 Å². The highest BCUT2D eigenvalue weighted by Gasteiger charge is 2.10. The molecule has 5 nitrogen and oxygen atoms in total. The predicted molar refractivity (Wildman–Crippen MR) is 110 cm³/mol. The van der Waals surface area contributed by atoms with Gasteiger partial charge in [-0.25, -0.2) is 0 Å². The molecule has 0 aliphatic heterocycles. The van der Waals surface area contributed by atoms with Crippen molar-refractivity contribution in [3.05, 3.63) is 84.6 Å². The maximum atomic E-state index is 12.7. The zero-order chi connectivity index (χ0) is 19.1. The molecule has 0 radical (unpaired) electrons. The van der Waals surface area contributed by atoms with Crippen LogP contribution in [0.5, 0.6) is 0 Å². The molecule has 0 unspecified atom stereocenters. The van der Waals surface area contributed by atoms with Crippen LogP contribution in [-0.2, 0) is 13.5 Å². The minimum absolute atomic E-state index is 0.0679. The molecule has 5 aromatic rings. The van der Waals surface area contributed by atoms with Crippen LogP contribution in [-0.4, -0.2) is 25.5 Å². The minimum Gasteiger partial charge on any atom is -0.361 e. The number of rotatable bonds is 4. The van der Waals surface area contributed by atoms with Gasteiger partial charge in [-0.3, -0.25) is 14.5 Å². The van der Waals surface area contributed by atoms with E-state index in [0.717, 1.165) is 38.5 Å². The number of pyridine rings is 1. The lowest BCUT2D eigenvalue weighted by molar-refractivity contribution is 0.0992. The average Bonchev–Trinajstić information content (AvgIpc) is 3.35. The number of ketones is 1. The Morgan fingerprint density at radius 2 is 1.89 bits per heavy atom. The molecule has 0 spiro atoms. The van der Waals surface area contributed by atoms with Gasteiger partial charge in [-0.05, 0) is 47.3 Å². The highest BCUT2D eigenvalue weighted by Crippen LogP contribution is 2.24. The predicted octanol–water partition coefficient (Wildman–Crippen LogP) is 4.54. The van der Waals surface area contributed by atoms with Gasteiger partial charge in [-0.15, -0.1) is 0 Å². The second-order valence-electron chi connectivity index (χ2n) is 7.02. The topological polar surface area (TPSA) is 63.6 Å². The number of fused-ring (bicyclic) bond motifs is 2. The summed E-state index contributed by atoms with van der Waals surface area (Å²) >= 11 is 0. The Kier molecular flexibility index (Phi) is 3.79. The van der Waals surface area contributed by atoms with Crippen molar-refractivity contribution in [2.45, 2.75) is 6.42 Å². The third-order valence-corrected chi connectivity index (χ3v) is 5.03. The van der Waals surface area contributed by atoms with E-state index in [-0.39, 0.29) is 12.2 Å². The van der Waals surface area contributed by atoms with Gasteiger partial charge in [0.05, 0.1) is 12.6 Å². The SMILES string of the molecule is Cn1cc(-c2ccc3cnc(CC(=O)c4ccc5[nH]ccc5c4)cc3c2)cn1. The largest absolute Gasteiger partial charge is 0.361 e. The van der Waals surface area contributed by atoms with Gasteiger partial charge in [-0.2, -0.15) is 5.10 Å². The summed E-state index contributed by atoms with van der Waals surface area (Å²) in [4.78, 5) is 20.4.